The number of aryl methyl sites for hydroxylation is 2. The highest BCUT2D eigenvalue weighted by Gasteiger charge is 2.25. The van der Waals surface area contributed by atoms with E-state index in [4.69, 9.17) is 0 Å². The van der Waals surface area contributed by atoms with E-state index in [0.29, 0.717) is 43.9 Å². The van der Waals surface area contributed by atoms with Gasteiger partial charge in [-0.1, -0.05) is 30.7 Å². The van der Waals surface area contributed by atoms with E-state index in [1.165, 1.54) is 12.1 Å². The maximum Gasteiger partial charge on any atom is 0.252 e. The van der Waals surface area contributed by atoms with Crippen LogP contribution < -0.4 is 5.56 Å². The van der Waals surface area contributed by atoms with Crippen LogP contribution in [-0.4, -0.2) is 48.3 Å². The van der Waals surface area contributed by atoms with Crippen molar-refractivity contribution in [3.63, 3.8) is 0 Å². The molecule has 0 bridgehead atoms. The van der Waals surface area contributed by atoms with Gasteiger partial charge in [0.25, 0.3) is 5.56 Å². The van der Waals surface area contributed by atoms with Gasteiger partial charge in [0.15, 0.2) is 5.82 Å². The van der Waals surface area contributed by atoms with Crippen molar-refractivity contribution in [1.82, 2.24) is 30.1 Å². The molecule has 4 aromatic rings. The number of aromatic nitrogens is 5. The minimum atomic E-state index is -0.293. The number of fused-ring (bicyclic) bond motifs is 1. The number of halogens is 1. The third-order valence-electron chi connectivity index (χ3n) is 6.28. The highest BCUT2D eigenvalue weighted by molar-refractivity contribution is 5.82. The molecular weight excluding hydrogens is 447 g/mol. The number of hydrogen-bond acceptors (Lipinski definition) is 6. The summed E-state index contributed by atoms with van der Waals surface area (Å²) in [5, 5.41) is 22.9. The molecule has 0 fully saturated rings. The Hall–Kier alpha value is -3.43. The van der Waals surface area contributed by atoms with E-state index in [1.807, 2.05) is 26.8 Å². The Bertz CT molecular complexity index is 1350. The number of hydrogen-bond donors (Lipinski definition) is 2. The van der Waals surface area contributed by atoms with Gasteiger partial charge in [-0.05, 0) is 77.9 Å². The van der Waals surface area contributed by atoms with Crippen molar-refractivity contribution < 1.29 is 9.50 Å². The van der Waals surface area contributed by atoms with E-state index in [-0.39, 0.29) is 24.0 Å². The van der Waals surface area contributed by atoms with Gasteiger partial charge in [0.05, 0.1) is 18.1 Å². The molecule has 8 nitrogen and oxygen atoms in total. The smallest absolute Gasteiger partial charge is 0.252 e. The van der Waals surface area contributed by atoms with Gasteiger partial charge in [0, 0.05) is 25.3 Å². The molecule has 9 heteroatoms. The highest BCUT2D eigenvalue weighted by Crippen LogP contribution is 2.26. The number of aliphatic hydroxyl groups excluding tert-OH is 1. The highest BCUT2D eigenvalue weighted by atomic mass is 19.1. The Morgan fingerprint density at radius 3 is 2.66 bits per heavy atom. The first kappa shape index (κ1) is 24.7. The van der Waals surface area contributed by atoms with Crippen LogP contribution in [0.5, 0.6) is 0 Å². The zero-order chi connectivity index (χ0) is 24.9. The summed E-state index contributed by atoms with van der Waals surface area (Å²) in [5.41, 5.74) is 4.43. The number of nitrogens with one attached hydrogen (secondary N) is 1. The Morgan fingerprint density at radius 1 is 1.17 bits per heavy atom. The quantitative estimate of drug-likeness (QED) is 0.361. The summed E-state index contributed by atoms with van der Waals surface area (Å²) in [4.78, 5) is 18.2. The average Bonchev–Trinajstić information content (AvgIpc) is 3.28. The van der Waals surface area contributed by atoms with E-state index in [1.54, 1.807) is 16.8 Å². The number of pyridine rings is 1. The van der Waals surface area contributed by atoms with Gasteiger partial charge in [-0.3, -0.25) is 9.69 Å². The predicted molar refractivity (Wildman–Crippen MR) is 133 cm³/mol. The second kappa shape index (κ2) is 10.9. The molecule has 1 unspecified atom stereocenters. The Morgan fingerprint density at radius 2 is 1.94 bits per heavy atom. The number of benzene rings is 2. The second-order valence-corrected chi connectivity index (χ2v) is 8.96. The molecular formula is C26H31FN6O2. The Labute approximate surface area is 203 Å². The number of tetrazole rings is 1. The molecule has 35 heavy (non-hydrogen) atoms. The van der Waals surface area contributed by atoms with Crippen molar-refractivity contribution in [3.05, 3.63) is 86.7 Å². The first-order valence-corrected chi connectivity index (χ1v) is 11.9. The SMILES string of the molecule is CCC(c1nnnn1Cc1ccc(F)cc1)N(CCCO)Cc1cc2cc(C)cc(C)c2[nH]c1=O. The Balaban J connectivity index is 1.66. The molecule has 0 saturated carbocycles. The average molecular weight is 479 g/mol. The monoisotopic (exact) mass is 478 g/mol. The van der Waals surface area contributed by atoms with Crippen molar-refractivity contribution in [2.45, 2.75) is 52.7 Å². The fourth-order valence-electron chi connectivity index (χ4n) is 4.62. The van der Waals surface area contributed by atoms with Gasteiger partial charge in [0.1, 0.15) is 5.82 Å². The van der Waals surface area contributed by atoms with Crippen molar-refractivity contribution in [1.29, 1.82) is 0 Å². The fraction of sp³-hybridized carbons (Fsp3) is 0.385. The number of nitrogens with zero attached hydrogens (tertiary/aromatic N) is 5. The molecule has 0 aliphatic rings. The lowest BCUT2D eigenvalue weighted by atomic mass is 10.0. The van der Waals surface area contributed by atoms with Gasteiger partial charge in [-0.25, -0.2) is 9.07 Å². The first-order chi connectivity index (χ1) is 16.9. The van der Waals surface area contributed by atoms with Gasteiger partial charge in [-0.15, -0.1) is 5.10 Å². The van der Waals surface area contributed by atoms with E-state index >= 15 is 0 Å². The summed E-state index contributed by atoms with van der Waals surface area (Å²) < 4.78 is 15.0. The lowest BCUT2D eigenvalue weighted by Gasteiger charge is -2.30. The molecule has 0 radical (unpaired) electrons. The standard InChI is InChI=1S/C26H31FN6O2/c1-4-23(25-29-30-31-33(25)15-19-6-8-22(27)9-7-19)32(10-5-11-34)16-21-14-20-13-17(2)12-18(3)24(20)28-26(21)35/h6-9,12-14,23,34H,4-5,10-11,15-16H2,1-3H3,(H,28,35). The minimum Gasteiger partial charge on any atom is -0.396 e. The molecule has 2 N–H and O–H groups in total. The van der Waals surface area contributed by atoms with Crippen LogP contribution in [0.3, 0.4) is 0 Å². The maximum absolute atomic E-state index is 13.3. The first-order valence-electron chi connectivity index (χ1n) is 11.9. The Kier molecular flexibility index (Phi) is 7.67. The summed E-state index contributed by atoms with van der Waals surface area (Å²) in [5.74, 6) is 0.372. The third kappa shape index (κ3) is 5.63. The fourth-order valence-corrected chi connectivity index (χ4v) is 4.62. The van der Waals surface area contributed by atoms with E-state index in [0.717, 1.165) is 27.6 Å². The largest absolute Gasteiger partial charge is 0.396 e. The number of rotatable bonds is 10. The van der Waals surface area contributed by atoms with Crippen molar-refractivity contribution in [2.75, 3.05) is 13.2 Å². The molecule has 0 spiro atoms. The van der Waals surface area contributed by atoms with Crippen molar-refractivity contribution in [2.24, 2.45) is 0 Å². The summed E-state index contributed by atoms with van der Waals surface area (Å²) in [7, 11) is 0. The van der Waals surface area contributed by atoms with Crippen LogP contribution in [0.25, 0.3) is 10.9 Å². The van der Waals surface area contributed by atoms with Crippen LogP contribution in [-0.2, 0) is 13.1 Å². The lowest BCUT2D eigenvalue weighted by molar-refractivity contribution is 0.152. The molecule has 0 amide bonds. The van der Waals surface area contributed by atoms with Crippen LogP contribution in [0.1, 0.15) is 53.9 Å². The minimum absolute atomic E-state index is 0.0416. The third-order valence-corrected chi connectivity index (χ3v) is 6.28. The van der Waals surface area contributed by atoms with Crippen LogP contribution >= 0.6 is 0 Å². The van der Waals surface area contributed by atoms with Gasteiger partial charge in [-0.2, -0.15) is 0 Å². The second-order valence-electron chi connectivity index (χ2n) is 8.96. The molecule has 0 saturated heterocycles. The summed E-state index contributed by atoms with van der Waals surface area (Å²) in [6.07, 6.45) is 1.26. The van der Waals surface area contributed by atoms with Gasteiger partial charge >= 0.3 is 0 Å². The zero-order valence-corrected chi connectivity index (χ0v) is 20.3. The van der Waals surface area contributed by atoms with E-state index < -0.39 is 0 Å². The normalized spacial score (nSPS) is 12.5. The maximum atomic E-state index is 13.3. The lowest BCUT2D eigenvalue weighted by Crippen LogP contribution is -2.34. The van der Waals surface area contributed by atoms with Crippen LogP contribution in [0.4, 0.5) is 4.39 Å². The van der Waals surface area contributed by atoms with E-state index in [2.05, 4.69) is 37.5 Å². The molecule has 184 valence electrons. The summed E-state index contributed by atoms with van der Waals surface area (Å²) in [6.45, 7) is 7.49. The zero-order valence-electron chi connectivity index (χ0n) is 20.3. The number of aliphatic hydroxyl groups is 1. The molecule has 2 aromatic heterocycles. The summed E-state index contributed by atoms with van der Waals surface area (Å²) in [6, 6.07) is 12.2. The topological polar surface area (TPSA) is 99.9 Å². The van der Waals surface area contributed by atoms with Crippen LogP contribution in [0.2, 0.25) is 0 Å². The molecule has 0 aliphatic heterocycles. The molecule has 2 heterocycles. The van der Waals surface area contributed by atoms with Crippen LogP contribution in [0.15, 0.2) is 47.3 Å². The van der Waals surface area contributed by atoms with Crippen molar-refractivity contribution >= 4 is 10.9 Å². The van der Waals surface area contributed by atoms with Gasteiger partial charge in [0.2, 0.25) is 0 Å². The van der Waals surface area contributed by atoms with Crippen molar-refractivity contribution in [3.8, 4) is 0 Å². The van der Waals surface area contributed by atoms with E-state index in [9.17, 15) is 14.3 Å². The molecule has 0 aliphatic carbocycles. The predicted octanol–water partition coefficient (Wildman–Crippen LogP) is 3.65. The molecule has 4 rings (SSSR count). The number of aromatic amines is 1. The van der Waals surface area contributed by atoms with Crippen LogP contribution in [0, 0.1) is 19.7 Å². The number of H-pyrrole nitrogens is 1. The molecule has 1 atom stereocenters. The molecule has 2 aromatic carbocycles. The van der Waals surface area contributed by atoms with Gasteiger partial charge < -0.3 is 10.1 Å². The summed E-state index contributed by atoms with van der Waals surface area (Å²) >= 11 is 0.